The zero-order valence-corrected chi connectivity index (χ0v) is 20.5. The van der Waals surface area contributed by atoms with Crippen molar-refractivity contribution in [2.75, 3.05) is 34.3 Å². The number of guanidine groups is 1. The normalized spacial score (nSPS) is 11.0. The van der Waals surface area contributed by atoms with Gasteiger partial charge in [-0.15, -0.1) is 24.0 Å². The molecule has 28 heavy (non-hydrogen) atoms. The summed E-state index contributed by atoms with van der Waals surface area (Å²) in [5, 5.41) is 6.46. The second kappa shape index (κ2) is 14.5. The first kappa shape index (κ1) is 26.5. The maximum atomic E-state index is 11.6. The van der Waals surface area contributed by atoms with E-state index >= 15 is 0 Å². The van der Waals surface area contributed by atoms with E-state index in [4.69, 9.17) is 4.74 Å². The van der Waals surface area contributed by atoms with E-state index in [2.05, 4.69) is 54.6 Å². The van der Waals surface area contributed by atoms with Crippen LogP contribution >= 0.6 is 24.0 Å². The zero-order valence-electron chi connectivity index (χ0n) is 18.2. The van der Waals surface area contributed by atoms with E-state index in [1.807, 2.05) is 0 Å². The minimum Gasteiger partial charge on any atom is -0.493 e. The van der Waals surface area contributed by atoms with Crippen LogP contribution in [0.15, 0.2) is 23.2 Å². The van der Waals surface area contributed by atoms with Crippen LogP contribution in [0.4, 0.5) is 0 Å². The summed E-state index contributed by atoms with van der Waals surface area (Å²) < 4.78 is 6.02. The summed E-state index contributed by atoms with van der Waals surface area (Å²) in [6.45, 7) is 8.42. The third-order valence-corrected chi connectivity index (χ3v) is 4.21. The summed E-state index contributed by atoms with van der Waals surface area (Å²) >= 11 is 0. The first-order valence-corrected chi connectivity index (χ1v) is 9.70. The number of aryl methyl sites for hydroxylation is 1. The number of nitrogens with zero attached hydrogens (tertiary/aromatic N) is 2. The molecule has 2 N–H and O–H groups in total. The Morgan fingerprint density at radius 3 is 2.57 bits per heavy atom. The van der Waals surface area contributed by atoms with Gasteiger partial charge >= 0.3 is 0 Å². The lowest BCUT2D eigenvalue weighted by molar-refractivity contribution is -0.128. The Morgan fingerprint density at radius 1 is 1.25 bits per heavy atom. The highest BCUT2D eigenvalue weighted by Crippen LogP contribution is 2.21. The van der Waals surface area contributed by atoms with E-state index in [0.717, 1.165) is 24.3 Å². The van der Waals surface area contributed by atoms with Gasteiger partial charge in [0.25, 0.3) is 0 Å². The first-order chi connectivity index (χ1) is 12.8. The summed E-state index contributed by atoms with van der Waals surface area (Å²) in [5.74, 6) is 2.38. The average molecular weight is 504 g/mol. The van der Waals surface area contributed by atoms with Crippen molar-refractivity contribution in [3.63, 3.8) is 0 Å². The van der Waals surface area contributed by atoms with Crippen molar-refractivity contribution in [2.45, 2.75) is 46.6 Å². The third kappa shape index (κ3) is 10.7. The highest BCUT2D eigenvalue weighted by Gasteiger charge is 2.08. The van der Waals surface area contributed by atoms with Crippen LogP contribution in [0.5, 0.6) is 5.75 Å². The molecule has 0 aliphatic heterocycles. The van der Waals surface area contributed by atoms with Gasteiger partial charge in [-0.25, -0.2) is 0 Å². The van der Waals surface area contributed by atoms with Gasteiger partial charge in [0.1, 0.15) is 5.75 Å². The van der Waals surface area contributed by atoms with E-state index in [-0.39, 0.29) is 29.9 Å². The molecular weight excluding hydrogens is 467 g/mol. The SMILES string of the molecule is CN=C(NCCC(=O)N(C)C)NCc1ccc(C)cc1OCCCC(C)C.I. The van der Waals surface area contributed by atoms with Gasteiger partial charge in [0.2, 0.25) is 5.91 Å². The molecule has 0 saturated carbocycles. The van der Waals surface area contributed by atoms with Crippen molar-refractivity contribution < 1.29 is 9.53 Å². The van der Waals surface area contributed by atoms with Crippen molar-refractivity contribution in [1.29, 1.82) is 0 Å². The van der Waals surface area contributed by atoms with Crippen molar-refractivity contribution in [3.8, 4) is 5.75 Å². The monoisotopic (exact) mass is 504 g/mol. The number of rotatable bonds is 10. The second-order valence-electron chi connectivity index (χ2n) is 7.39. The van der Waals surface area contributed by atoms with Gasteiger partial charge in [-0.2, -0.15) is 0 Å². The summed E-state index contributed by atoms with van der Waals surface area (Å²) in [7, 11) is 5.24. The maximum Gasteiger partial charge on any atom is 0.223 e. The number of hydrogen-bond donors (Lipinski definition) is 2. The Bertz CT molecular complexity index is 618. The predicted octanol–water partition coefficient (Wildman–Crippen LogP) is 3.57. The van der Waals surface area contributed by atoms with Crippen molar-refractivity contribution in [2.24, 2.45) is 10.9 Å². The lowest BCUT2D eigenvalue weighted by Crippen LogP contribution is -2.38. The van der Waals surface area contributed by atoms with Gasteiger partial charge in [0.05, 0.1) is 6.61 Å². The number of carbonyl (C=O) groups is 1. The fraction of sp³-hybridized carbons (Fsp3) is 0.619. The van der Waals surface area contributed by atoms with Gasteiger partial charge in [0, 0.05) is 46.2 Å². The molecule has 0 saturated heterocycles. The standard InChI is InChI=1S/C21H36N4O2.HI/c1-16(2)8-7-13-27-19-14-17(3)9-10-18(19)15-24-21(22-4)23-12-11-20(26)25(5)6;/h9-10,14,16H,7-8,11-13,15H2,1-6H3,(H2,22,23,24);1H. The van der Waals surface area contributed by atoms with Crippen LogP contribution in [0.1, 0.15) is 44.2 Å². The molecule has 0 bridgehead atoms. The van der Waals surface area contributed by atoms with E-state index in [1.165, 1.54) is 12.0 Å². The molecule has 0 unspecified atom stereocenters. The topological polar surface area (TPSA) is 66.0 Å². The molecule has 0 atom stereocenters. The van der Waals surface area contributed by atoms with E-state index in [9.17, 15) is 4.79 Å². The molecule has 0 aromatic heterocycles. The summed E-state index contributed by atoms with van der Waals surface area (Å²) in [6.07, 6.45) is 2.66. The summed E-state index contributed by atoms with van der Waals surface area (Å²) in [5.41, 5.74) is 2.28. The number of ether oxygens (including phenoxy) is 1. The quantitative estimate of drug-likeness (QED) is 0.221. The average Bonchev–Trinajstić information content (AvgIpc) is 2.62. The van der Waals surface area contributed by atoms with Crippen molar-refractivity contribution in [3.05, 3.63) is 29.3 Å². The molecule has 0 fully saturated rings. The van der Waals surface area contributed by atoms with Crippen LogP contribution in [-0.2, 0) is 11.3 Å². The minimum atomic E-state index is 0. The Balaban J connectivity index is 0.00000729. The molecule has 0 aliphatic rings. The molecular formula is C21H37IN4O2. The first-order valence-electron chi connectivity index (χ1n) is 9.70. The number of aliphatic imine (C=N–C) groups is 1. The number of carbonyl (C=O) groups excluding carboxylic acids is 1. The molecule has 160 valence electrons. The second-order valence-corrected chi connectivity index (χ2v) is 7.39. The molecule has 1 amide bonds. The van der Waals surface area contributed by atoms with Crippen LogP contribution in [0, 0.1) is 12.8 Å². The zero-order chi connectivity index (χ0) is 20.2. The molecule has 6 nitrogen and oxygen atoms in total. The fourth-order valence-electron chi connectivity index (χ4n) is 2.53. The van der Waals surface area contributed by atoms with Crippen molar-refractivity contribution in [1.82, 2.24) is 15.5 Å². The number of benzene rings is 1. The number of hydrogen-bond acceptors (Lipinski definition) is 3. The van der Waals surface area contributed by atoms with Crippen LogP contribution in [0.2, 0.25) is 0 Å². The Morgan fingerprint density at radius 2 is 1.96 bits per heavy atom. The Hall–Kier alpha value is -1.51. The molecule has 0 heterocycles. The summed E-state index contributed by atoms with van der Waals surface area (Å²) in [6, 6.07) is 6.26. The molecule has 1 aromatic carbocycles. The van der Waals surface area contributed by atoms with Crippen LogP contribution in [-0.4, -0.2) is 51.1 Å². The number of halogens is 1. The number of nitrogens with one attached hydrogen (secondary N) is 2. The lowest BCUT2D eigenvalue weighted by atomic mass is 10.1. The van der Waals surface area contributed by atoms with Crippen LogP contribution < -0.4 is 15.4 Å². The maximum absolute atomic E-state index is 11.6. The van der Waals surface area contributed by atoms with Gasteiger partial charge in [0.15, 0.2) is 5.96 Å². The fourth-order valence-corrected chi connectivity index (χ4v) is 2.53. The molecule has 0 spiro atoms. The van der Waals surface area contributed by atoms with Gasteiger partial charge < -0.3 is 20.3 Å². The third-order valence-electron chi connectivity index (χ3n) is 4.21. The highest BCUT2D eigenvalue weighted by molar-refractivity contribution is 14.0. The van der Waals surface area contributed by atoms with Gasteiger partial charge in [-0.3, -0.25) is 9.79 Å². The Kier molecular flexibility index (Phi) is 13.7. The molecule has 0 radical (unpaired) electrons. The molecule has 7 heteroatoms. The van der Waals surface area contributed by atoms with Crippen LogP contribution in [0.3, 0.4) is 0 Å². The van der Waals surface area contributed by atoms with Gasteiger partial charge in [-0.1, -0.05) is 26.0 Å². The van der Waals surface area contributed by atoms with Gasteiger partial charge in [-0.05, 0) is 37.3 Å². The van der Waals surface area contributed by atoms with Crippen LogP contribution in [0.25, 0.3) is 0 Å². The van der Waals surface area contributed by atoms with E-state index < -0.39 is 0 Å². The number of amides is 1. The lowest BCUT2D eigenvalue weighted by Gasteiger charge is -2.16. The Labute approximate surface area is 187 Å². The summed E-state index contributed by atoms with van der Waals surface area (Å²) in [4.78, 5) is 17.5. The van der Waals surface area contributed by atoms with Crippen molar-refractivity contribution >= 4 is 35.8 Å². The van der Waals surface area contributed by atoms with E-state index in [1.54, 1.807) is 26.0 Å². The smallest absolute Gasteiger partial charge is 0.223 e. The largest absolute Gasteiger partial charge is 0.493 e. The molecule has 1 aromatic rings. The van der Waals surface area contributed by atoms with E-state index in [0.29, 0.717) is 31.4 Å². The molecule has 1 rings (SSSR count). The minimum absolute atomic E-state index is 0. The predicted molar refractivity (Wildman–Crippen MR) is 128 cm³/mol. The molecule has 0 aliphatic carbocycles. The highest BCUT2D eigenvalue weighted by atomic mass is 127.